The largest absolute Gasteiger partial charge is 0.462 e. The molecular weight excluding hydrogens is 355 g/mol. The number of carbonyl (C=O) groups excluding carboxylic acids is 1. The second-order valence-electron chi connectivity index (χ2n) is 4.61. The predicted molar refractivity (Wildman–Crippen MR) is 92.2 cm³/mol. The first-order valence-corrected chi connectivity index (χ1v) is 7.62. The molecule has 1 aromatic heterocycles. The van der Waals surface area contributed by atoms with Gasteiger partial charge in [0.15, 0.2) is 0 Å². The molecule has 2 aromatic rings. The lowest BCUT2D eigenvalue weighted by Gasteiger charge is -2.05. The number of aromatic nitrogens is 1. The molecule has 0 bridgehead atoms. The highest BCUT2D eigenvalue weighted by Crippen LogP contribution is 2.24. The maximum absolute atomic E-state index is 12.0. The summed E-state index contributed by atoms with van der Waals surface area (Å²) >= 11 is 11.8. The van der Waals surface area contributed by atoms with E-state index >= 15 is 0 Å². The standard InChI is InChI=1S/C16H12Cl2N2O4/c1-2-24-16(21)12-8-11(20(22)23)9-19-15(12)6-4-10-3-5-13(17)14(18)7-10/h3-9H,2H2,1H3. The Balaban J connectivity index is 2.40. The summed E-state index contributed by atoms with van der Waals surface area (Å²) in [7, 11) is 0. The molecule has 2 rings (SSSR count). The molecular formula is C16H12Cl2N2O4. The Bertz CT molecular complexity index is 822. The molecule has 0 aliphatic heterocycles. The average molecular weight is 367 g/mol. The van der Waals surface area contributed by atoms with Crippen molar-refractivity contribution >= 4 is 47.0 Å². The molecule has 6 nitrogen and oxygen atoms in total. The Kier molecular flexibility index (Phi) is 5.89. The molecule has 1 heterocycles. The highest BCUT2D eigenvalue weighted by atomic mass is 35.5. The lowest BCUT2D eigenvalue weighted by molar-refractivity contribution is -0.385. The second kappa shape index (κ2) is 7.90. The van der Waals surface area contributed by atoms with Gasteiger partial charge in [0, 0.05) is 6.07 Å². The molecule has 0 spiro atoms. The van der Waals surface area contributed by atoms with Crippen LogP contribution in [0.3, 0.4) is 0 Å². The molecule has 0 N–H and O–H groups in total. The third-order valence-corrected chi connectivity index (χ3v) is 3.73. The average Bonchev–Trinajstić information content (AvgIpc) is 2.56. The molecule has 0 aliphatic carbocycles. The molecule has 0 aliphatic rings. The molecule has 8 heteroatoms. The third kappa shape index (κ3) is 4.31. The van der Waals surface area contributed by atoms with Crippen molar-refractivity contribution in [3.05, 3.63) is 67.4 Å². The Hall–Kier alpha value is -2.44. The van der Waals surface area contributed by atoms with Crippen LogP contribution in [0.2, 0.25) is 10.0 Å². The Labute approximate surface area is 147 Å². The minimum absolute atomic E-state index is 0.0161. The summed E-state index contributed by atoms with van der Waals surface area (Å²) in [6.45, 7) is 1.80. The lowest BCUT2D eigenvalue weighted by atomic mass is 10.1. The molecule has 124 valence electrons. The molecule has 0 unspecified atom stereocenters. The van der Waals surface area contributed by atoms with Crippen molar-refractivity contribution in [2.24, 2.45) is 0 Å². The number of rotatable bonds is 5. The van der Waals surface area contributed by atoms with Gasteiger partial charge in [-0.1, -0.05) is 35.3 Å². The van der Waals surface area contributed by atoms with Crippen LogP contribution in [-0.4, -0.2) is 22.5 Å². The summed E-state index contributed by atoms with van der Waals surface area (Å²) < 4.78 is 4.92. The summed E-state index contributed by atoms with van der Waals surface area (Å²) in [5.74, 6) is -0.678. The van der Waals surface area contributed by atoms with Crippen LogP contribution in [0, 0.1) is 10.1 Å². The fraction of sp³-hybridized carbons (Fsp3) is 0.125. The number of hydrogen-bond donors (Lipinski definition) is 0. The number of benzene rings is 1. The summed E-state index contributed by atoms with van der Waals surface area (Å²) in [5, 5.41) is 11.7. The van der Waals surface area contributed by atoms with Gasteiger partial charge in [0.05, 0.1) is 32.8 Å². The Morgan fingerprint density at radius 3 is 2.67 bits per heavy atom. The van der Waals surface area contributed by atoms with Gasteiger partial charge in [-0.3, -0.25) is 10.1 Å². The zero-order valence-corrected chi connectivity index (χ0v) is 14.0. The minimum atomic E-state index is -0.678. The van der Waals surface area contributed by atoms with Crippen molar-refractivity contribution in [2.45, 2.75) is 6.92 Å². The van der Waals surface area contributed by atoms with Gasteiger partial charge in [0.2, 0.25) is 0 Å². The number of carbonyl (C=O) groups is 1. The fourth-order valence-corrected chi connectivity index (χ4v) is 2.17. The van der Waals surface area contributed by atoms with E-state index in [2.05, 4.69) is 4.98 Å². The number of esters is 1. The smallest absolute Gasteiger partial charge is 0.340 e. The van der Waals surface area contributed by atoms with Crippen molar-refractivity contribution in [1.29, 1.82) is 0 Å². The van der Waals surface area contributed by atoms with Crippen LogP contribution < -0.4 is 0 Å². The van der Waals surface area contributed by atoms with Gasteiger partial charge in [0.1, 0.15) is 6.20 Å². The molecule has 0 amide bonds. The van der Waals surface area contributed by atoms with Gasteiger partial charge in [-0.2, -0.15) is 0 Å². The van der Waals surface area contributed by atoms with E-state index in [1.165, 1.54) is 0 Å². The van der Waals surface area contributed by atoms with Crippen LogP contribution in [0.4, 0.5) is 5.69 Å². The van der Waals surface area contributed by atoms with E-state index in [0.29, 0.717) is 10.0 Å². The van der Waals surface area contributed by atoms with Crippen molar-refractivity contribution in [1.82, 2.24) is 4.98 Å². The second-order valence-corrected chi connectivity index (χ2v) is 5.43. The SMILES string of the molecule is CCOC(=O)c1cc([N+](=O)[O-])cnc1C=Cc1ccc(Cl)c(Cl)c1. The monoisotopic (exact) mass is 366 g/mol. The van der Waals surface area contributed by atoms with Gasteiger partial charge < -0.3 is 4.74 Å². The van der Waals surface area contributed by atoms with E-state index in [0.717, 1.165) is 17.8 Å². The van der Waals surface area contributed by atoms with E-state index in [9.17, 15) is 14.9 Å². The summed E-state index contributed by atoms with van der Waals surface area (Å²) in [6.07, 6.45) is 4.30. The fourth-order valence-electron chi connectivity index (χ4n) is 1.86. The highest BCUT2D eigenvalue weighted by molar-refractivity contribution is 6.42. The first-order valence-electron chi connectivity index (χ1n) is 6.87. The number of halogens is 2. The quantitative estimate of drug-likeness (QED) is 0.437. The van der Waals surface area contributed by atoms with Crippen LogP contribution >= 0.6 is 23.2 Å². The number of hydrogen-bond acceptors (Lipinski definition) is 5. The van der Waals surface area contributed by atoms with Crippen LogP contribution in [-0.2, 0) is 4.74 Å². The van der Waals surface area contributed by atoms with Gasteiger partial charge in [-0.25, -0.2) is 9.78 Å². The lowest BCUT2D eigenvalue weighted by Crippen LogP contribution is -2.08. The number of ether oxygens (including phenoxy) is 1. The predicted octanol–water partition coefficient (Wildman–Crippen LogP) is 4.64. The topological polar surface area (TPSA) is 82.3 Å². The molecule has 0 atom stereocenters. The van der Waals surface area contributed by atoms with Gasteiger partial charge in [-0.15, -0.1) is 0 Å². The maximum atomic E-state index is 12.0. The first-order chi connectivity index (χ1) is 11.4. The van der Waals surface area contributed by atoms with Gasteiger partial charge >= 0.3 is 5.97 Å². The van der Waals surface area contributed by atoms with Crippen molar-refractivity contribution in [3.8, 4) is 0 Å². The Morgan fingerprint density at radius 1 is 1.29 bits per heavy atom. The zero-order chi connectivity index (χ0) is 17.7. The molecule has 0 saturated heterocycles. The normalized spacial score (nSPS) is 10.8. The van der Waals surface area contributed by atoms with E-state index in [1.807, 2.05) is 0 Å². The van der Waals surface area contributed by atoms with Crippen LogP contribution in [0.5, 0.6) is 0 Å². The van der Waals surface area contributed by atoms with E-state index < -0.39 is 10.9 Å². The number of pyridine rings is 1. The highest BCUT2D eigenvalue weighted by Gasteiger charge is 2.17. The molecule has 0 radical (unpaired) electrons. The van der Waals surface area contributed by atoms with E-state index in [1.54, 1.807) is 37.3 Å². The Morgan fingerprint density at radius 2 is 2.04 bits per heavy atom. The van der Waals surface area contributed by atoms with E-state index in [4.69, 9.17) is 27.9 Å². The zero-order valence-electron chi connectivity index (χ0n) is 12.5. The van der Waals surface area contributed by atoms with Crippen LogP contribution in [0.25, 0.3) is 12.2 Å². The van der Waals surface area contributed by atoms with Gasteiger partial charge in [-0.05, 0) is 30.7 Å². The molecule has 0 saturated carbocycles. The molecule has 1 aromatic carbocycles. The summed E-state index contributed by atoms with van der Waals surface area (Å²) in [6, 6.07) is 6.16. The van der Waals surface area contributed by atoms with E-state index in [-0.39, 0.29) is 23.6 Å². The van der Waals surface area contributed by atoms with Crippen molar-refractivity contribution in [3.63, 3.8) is 0 Å². The molecule has 24 heavy (non-hydrogen) atoms. The minimum Gasteiger partial charge on any atom is -0.462 e. The summed E-state index contributed by atoms with van der Waals surface area (Å²) in [4.78, 5) is 26.2. The van der Waals surface area contributed by atoms with Crippen molar-refractivity contribution in [2.75, 3.05) is 6.61 Å². The van der Waals surface area contributed by atoms with Crippen LogP contribution in [0.15, 0.2) is 30.5 Å². The maximum Gasteiger partial charge on any atom is 0.340 e. The molecule has 0 fully saturated rings. The first kappa shape index (κ1) is 17.9. The summed E-state index contributed by atoms with van der Waals surface area (Å²) in [5.41, 5.74) is 0.719. The van der Waals surface area contributed by atoms with Gasteiger partial charge in [0.25, 0.3) is 5.69 Å². The van der Waals surface area contributed by atoms with Crippen molar-refractivity contribution < 1.29 is 14.5 Å². The number of nitrogens with zero attached hydrogens (tertiary/aromatic N) is 2. The number of nitro groups is 1. The van der Waals surface area contributed by atoms with Crippen LogP contribution in [0.1, 0.15) is 28.5 Å². The third-order valence-electron chi connectivity index (χ3n) is 2.99.